The summed E-state index contributed by atoms with van der Waals surface area (Å²) in [6.07, 6.45) is 1.10. The van der Waals surface area contributed by atoms with Gasteiger partial charge in [-0.1, -0.05) is 0 Å². The van der Waals surface area contributed by atoms with E-state index in [1.54, 1.807) is 12.1 Å². The van der Waals surface area contributed by atoms with Gasteiger partial charge in [-0.15, -0.1) is 11.8 Å². The van der Waals surface area contributed by atoms with Crippen LogP contribution in [-0.4, -0.2) is 19.3 Å². The summed E-state index contributed by atoms with van der Waals surface area (Å²) >= 11 is 1.84. The molecule has 0 saturated carbocycles. The number of halogens is 1. The fourth-order valence-electron chi connectivity index (χ4n) is 1.81. The van der Waals surface area contributed by atoms with Crippen molar-refractivity contribution in [3.8, 4) is 0 Å². The highest BCUT2D eigenvalue weighted by Gasteiger charge is 2.22. The molecule has 1 heterocycles. The van der Waals surface area contributed by atoms with E-state index >= 15 is 0 Å². The van der Waals surface area contributed by atoms with Gasteiger partial charge in [0.25, 0.3) is 0 Å². The van der Waals surface area contributed by atoms with Crippen molar-refractivity contribution in [2.75, 3.05) is 19.3 Å². The molecule has 1 nitrogen and oxygen atoms in total. The van der Waals surface area contributed by atoms with E-state index in [1.807, 2.05) is 24.9 Å². The molecular formula is C11H14FNS. The number of thioether (sulfide) groups is 1. The van der Waals surface area contributed by atoms with Gasteiger partial charge in [-0.2, -0.15) is 0 Å². The van der Waals surface area contributed by atoms with Gasteiger partial charge in [-0.05, 0) is 49.7 Å². The van der Waals surface area contributed by atoms with Crippen LogP contribution in [0.3, 0.4) is 0 Å². The third kappa shape index (κ3) is 1.93. The first-order valence-electron chi connectivity index (χ1n) is 4.88. The predicted octanol–water partition coefficient (Wildman–Crippen LogP) is 2.62. The Balaban J connectivity index is 2.16. The van der Waals surface area contributed by atoms with Crippen LogP contribution < -0.4 is 5.32 Å². The molecule has 0 saturated heterocycles. The monoisotopic (exact) mass is 211 g/mol. The van der Waals surface area contributed by atoms with Crippen molar-refractivity contribution in [2.24, 2.45) is 0 Å². The van der Waals surface area contributed by atoms with Gasteiger partial charge in [-0.3, -0.25) is 0 Å². The van der Waals surface area contributed by atoms with Gasteiger partial charge >= 0.3 is 0 Å². The summed E-state index contributed by atoms with van der Waals surface area (Å²) in [6, 6.07) is 5.14. The van der Waals surface area contributed by atoms with Crippen LogP contribution in [0.4, 0.5) is 4.39 Å². The van der Waals surface area contributed by atoms with E-state index in [4.69, 9.17) is 0 Å². The van der Waals surface area contributed by atoms with Crippen molar-refractivity contribution < 1.29 is 4.39 Å². The van der Waals surface area contributed by atoms with Crippen LogP contribution in [0.5, 0.6) is 0 Å². The van der Waals surface area contributed by atoms with Crippen LogP contribution in [0.15, 0.2) is 23.1 Å². The zero-order chi connectivity index (χ0) is 9.97. The van der Waals surface area contributed by atoms with Crippen LogP contribution in [0.1, 0.15) is 17.9 Å². The summed E-state index contributed by atoms with van der Waals surface area (Å²) in [6.45, 7) is 1.00. The van der Waals surface area contributed by atoms with E-state index in [0.717, 1.165) is 18.7 Å². The van der Waals surface area contributed by atoms with E-state index in [2.05, 4.69) is 5.32 Å². The fraction of sp³-hybridized carbons (Fsp3) is 0.455. The Morgan fingerprint density at radius 3 is 3.21 bits per heavy atom. The molecule has 3 heteroatoms. The smallest absolute Gasteiger partial charge is 0.123 e. The lowest BCUT2D eigenvalue weighted by molar-refractivity contribution is 0.609. The second kappa shape index (κ2) is 4.32. The molecule has 1 aromatic rings. The van der Waals surface area contributed by atoms with E-state index in [1.165, 1.54) is 10.5 Å². The minimum absolute atomic E-state index is 0.110. The standard InChI is InChI=1S/C11H14FNS/c1-13-5-4-8-7-14-11-3-2-9(12)6-10(8)11/h2-3,6,8,13H,4-5,7H2,1H3. The summed E-state index contributed by atoms with van der Waals surface area (Å²) in [5.41, 5.74) is 1.20. The topological polar surface area (TPSA) is 12.0 Å². The molecule has 1 aliphatic heterocycles. The largest absolute Gasteiger partial charge is 0.320 e. The van der Waals surface area contributed by atoms with Crippen LogP contribution in [-0.2, 0) is 0 Å². The van der Waals surface area contributed by atoms with Gasteiger partial charge in [0.2, 0.25) is 0 Å². The minimum Gasteiger partial charge on any atom is -0.320 e. The maximum Gasteiger partial charge on any atom is 0.123 e. The zero-order valence-corrected chi connectivity index (χ0v) is 9.03. The van der Waals surface area contributed by atoms with Crippen molar-refractivity contribution in [1.29, 1.82) is 0 Å². The maximum absolute atomic E-state index is 13.0. The Morgan fingerprint density at radius 1 is 1.57 bits per heavy atom. The highest BCUT2D eigenvalue weighted by Crippen LogP contribution is 2.41. The average Bonchev–Trinajstić information content (AvgIpc) is 2.57. The number of hydrogen-bond acceptors (Lipinski definition) is 2. The summed E-state index contributed by atoms with van der Waals surface area (Å²) < 4.78 is 13.0. The van der Waals surface area contributed by atoms with Gasteiger partial charge in [0.15, 0.2) is 0 Å². The molecule has 2 rings (SSSR count). The second-order valence-corrected chi connectivity index (χ2v) is 4.64. The Labute approximate surface area is 88.1 Å². The molecule has 0 spiro atoms. The molecule has 1 aliphatic rings. The van der Waals surface area contributed by atoms with E-state index in [-0.39, 0.29) is 5.82 Å². The summed E-state index contributed by atoms with van der Waals surface area (Å²) in [5.74, 6) is 1.51. The lowest BCUT2D eigenvalue weighted by Crippen LogP contribution is -2.12. The molecule has 14 heavy (non-hydrogen) atoms. The predicted molar refractivity (Wildman–Crippen MR) is 58.4 cm³/mol. The molecule has 1 unspecified atom stereocenters. The molecule has 0 aliphatic carbocycles. The summed E-state index contributed by atoms with van der Waals surface area (Å²) in [7, 11) is 1.95. The summed E-state index contributed by atoms with van der Waals surface area (Å²) in [4.78, 5) is 1.26. The first-order valence-corrected chi connectivity index (χ1v) is 5.86. The fourth-order valence-corrected chi connectivity index (χ4v) is 3.09. The molecule has 0 radical (unpaired) electrons. The molecule has 0 fully saturated rings. The molecule has 0 amide bonds. The first-order chi connectivity index (χ1) is 6.81. The van der Waals surface area contributed by atoms with Gasteiger partial charge in [0.05, 0.1) is 0 Å². The highest BCUT2D eigenvalue weighted by atomic mass is 32.2. The Kier molecular flexibility index (Phi) is 3.08. The van der Waals surface area contributed by atoms with Crippen molar-refractivity contribution in [3.05, 3.63) is 29.6 Å². The van der Waals surface area contributed by atoms with Crippen molar-refractivity contribution in [1.82, 2.24) is 5.32 Å². The molecule has 1 aromatic carbocycles. The third-order valence-corrected chi connectivity index (χ3v) is 3.85. The number of nitrogens with one attached hydrogen (secondary N) is 1. The van der Waals surface area contributed by atoms with E-state index < -0.39 is 0 Å². The van der Waals surface area contributed by atoms with Crippen LogP contribution in [0.25, 0.3) is 0 Å². The Morgan fingerprint density at radius 2 is 2.43 bits per heavy atom. The quantitative estimate of drug-likeness (QED) is 0.825. The normalized spacial score (nSPS) is 19.7. The Hall–Kier alpha value is -0.540. The number of fused-ring (bicyclic) bond motifs is 1. The zero-order valence-electron chi connectivity index (χ0n) is 8.22. The van der Waals surface area contributed by atoms with Gasteiger partial charge in [-0.25, -0.2) is 4.39 Å². The molecule has 1 atom stereocenters. The molecule has 1 N–H and O–H groups in total. The molecule has 0 aromatic heterocycles. The minimum atomic E-state index is -0.110. The van der Waals surface area contributed by atoms with Gasteiger partial charge < -0.3 is 5.32 Å². The van der Waals surface area contributed by atoms with Crippen LogP contribution in [0.2, 0.25) is 0 Å². The lowest BCUT2D eigenvalue weighted by atomic mass is 9.98. The van der Waals surface area contributed by atoms with Gasteiger partial charge in [0.1, 0.15) is 5.82 Å². The summed E-state index contributed by atoms with van der Waals surface area (Å²) in [5, 5.41) is 3.14. The average molecular weight is 211 g/mol. The number of rotatable bonds is 3. The van der Waals surface area contributed by atoms with E-state index in [0.29, 0.717) is 5.92 Å². The highest BCUT2D eigenvalue weighted by molar-refractivity contribution is 7.99. The number of hydrogen-bond donors (Lipinski definition) is 1. The molecule has 0 bridgehead atoms. The van der Waals surface area contributed by atoms with Crippen molar-refractivity contribution in [2.45, 2.75) is 17.2 Å². The van der Waals surface area contributed by atoms with Crippen LogP contribution >= 0.6 is 11.8 Å². The lowest BCUT2D eigenvalue weighted by Gasteiger charge is -2.09. The molecular weight excluding hydrogens is 197 g/mol. The Bertz CT molecular complexity index is 327. The maximum atomic E-state index is 13.0. The number of benzene rings is 1. The van der Waals surface area contributed by atoms with Crippen LogP contribution in [0, 0.1) is 5.82 Å². The SMILES string of the molecule is CNCCC1CSc2ccc(F)cc21. The van der Waals surface area contributed by atoms with Gasteiger partial charge in [0, 0.05) is 10.6 Å². The van der Waals surface area contributed by atoms with E-state index in [9.17, 15) is 4.39 Å². The molecule has 76 valence electrons. The second-order valence-electron chi connectivity index (χ2n) is 3.58. The first kappa shape index (κ1) is 9.99. The third-order valence-electron chi connectivity index (χ3n) is 2.59. The van der Waals surface area contributed by atoms with Crippen molar-refractivity contribution in [3.63, 3.8) is 0 Å². The van der Waals surface area contributed by atoms with Crippen molar-refractivity contribution >= 4 is 11.8 Å².